The standard InChI is InChI=1S/C25H33ClFN5S/c1-17-12-18(2)15-32(14-17)22-13-21(26)29-23(30-22)31-24(33)28-16-25(10-4-3-5-11-25)19-6-8-20(27)9-7-19/h6-9,13,17-18H,3-5,10-12,14-16H2,1-2H3,(H2,28,29,30,31,33). The summed E-state index contributed by atoms with van der Waals surface area (Å²) in [5.74, 6) is 2.25. The van der Waals surface area contributed by atoms with Crippen LogP contribution in [-0.2, 0) is 5.41 Å². The lowest BCUT2D eigenvalue weighted by molar-refractivity contribution is 0.292. The van der Waals surface area contributed by atoms with Gasteiger partial charge in [-0.25, -0.2) is 9.37 Å². The Hall–Kier alpha value is -1.99. The van der Waals surface area contributed by atoms with E-state index in [1.807, 2.05) is 18.2 Å². The summed E-state index contributed by atoms with van der Waals surface area (Å²) in [7, 11) is 0. The van der Waals surface area contributed by atoms with Crippen molar-refractivity contribution in [3.8, 4) is 0 Å². The molecule has 178 valence electrons. The van der Waals surface area contributed by atoms with E-state index < -0.39 is 0 Å². The summed E-state index contributed by atoms with van der Waals surface area (Å²) in [4.78, 5) is 11.3. The molecule has 0 radical (unpaired) electrons. The van der Waals surface area contributed by atoms with Crippen LogP contribution < -0.4 is 15.5 Å². The molecular weight excluding hydrogens is 457 g/mol. The summed E-state index contributed by atoms with van der Waals surface area (Å²) >= 11 is 11.9. The molecule has 2 N–H and O–H groups in total. The molecule has 2 unspecified atom stereocenters. The van der Waals surface area contributed by atoms with Gasteiger partial charge in [0.1, 0.15) is 16.8 Å². The number of benzene rings is 1. The molecule has 2 aromatic rings. The van der Waals surface area contributed by atoms with Crippen molar-refractivity contribution >= 4 is 40.7 Å². The second-order valence-electron chi connectivity index (χ2n) is 9.88. The van der Waals surface area contributed by atoms with Crippen LogP contribution >= 0.6 is 23.8 Å². The molecule has 1 aliphatic carbocycles. The Morgan fingerprint density at radius 2 is 1.79 bits per heavy atom. The van der Waals surface area contributed by atoms with E-state index in [1.54, 1.807) is 12.1 Å². The van der Waals surface area contributed by atoms with Crippen molar-refractivity contribution in [2.45, 2.75) is 57.8 Å². The molecule has 2 heterocycles. The van der Waals surface area contributed by atoms with Crippen molar-refractivity contribution < 1.29 is 4.39 Å². The molecule has 0 spiro atoms. The van der Waals surface area contributed by atoms with Gasteiger partial charge in [-0.1, -0.05) is 56.8 Å². The Balaban J connectivity index is 1.43. The highest BCUT2D eigenvalue weighted by Crippen LogP contribution is 2.39. The summed E-state index contributed by atoms with van der Waals surface area (Å²) in [6.07, 6.45) is 6.89. The zero-order valence-electron chi connectivity index (χ0n) is 19.4. The van der Waals surface area contributed by atoms with Gasteiger partial charge < -0.3 is 15.5 Å². The number of rotatable bonds is 5. The molecule has 4 rings (SSSR count). The first kappa shape index (κ1) is 24.1. The van der Waals surface area contributed by atoms with Crippen LogP contribution in [0.1, 0.15) is 57.9 Å². The van der Waals surface area contributed by atoms with Crippen molar-refractivity contribution in [1.82, 2.24) is 15.3 Å². The second-order valence-corrected chi connectivity index (χ2v) is 10.7. The fourth-order valence-corrected chi connectivity index (χ4v) is 5.81. The van der Waals surface area contributed by atoms with Crippen LogP contribution in [-0.4, -0.2) is 34.7 Å². The SMILES string of the molecule is CC1CC(C)CN(c2cc(Cl)nc(NC(=S)NCC3(c4ccc(F)cc4)CCCCC3)n2)C1. The van der Waals surface area contributed by atoms with Gasteiger partial charge in [0.15, 0.2) is 5.11 Å². The first-order chi connectivity index (χ1) is 15.8. The third-order valence-corrected chi connectivity index (χ3v) is 7.39. The van der Waals surface area contributed by atoms with Gasteiger partial charge in [0.25, 0.3) is 0 Å². The second kappa shape index (κ2) is 10.5. The van der Waals surface area contributed by atoms with Crippen LogP contribution in [0.4, 0.5) is 16.2 Å². The molecule has 1 aliphatic heterocycles. The van der Waals surface area contributed by atoms with Crippen LogP contribution in [0.5, 0.6) is 0 Å². The van der Waals surface area contributed by atoms with E-state index >= 15 is 0 Å². The topological polar surface area (TPSA) is 53.1 Å². The van der Waals surface area contributed by atoms with Crippen LogP contribution in [0, 0.1) is 17.7 Å². The number of halogens is 2. The van der Waals surface area contributed by atoms with E-state index in [9.17, 15) is 4.39 Å². The Morgan fingerprint density at radius 3 is 2.45 bits per heavy atom. The normalized spacial score (nSPS) is 22.6. The maximum atomic E-state index is 13.5. The zero-order chi connectivity index (χ0) is 23.4. The molecule has 33 heavy (non-hydrogen) atoms. The smallest absolute Gasteiger partial charge is 0.232 e. The number of aromatic nitrogens is 2. The summed E-state index contributed by atoms with van der Waals surface area (Å²) in [6, 6.07) is 8.73. The van der Waals surface area contributed by atoms with Crippen LogP contribution in [0.15, 0.2) is 30.3 Å². The fraction of sp³-hybridized carbons (Fsp3) is 0.560. The fourth-order valence-electron chi connectivity index (χ4n) is 5.47. The summed E-state index contributed by atoms with van der Waals surface area (Å²) in [5.41, 5.74) is 1.10. The number of anilines is 2. The minimum atomic E-state index is -0.207. The predicted octanol–water partition coefficient (Wildman–Crippen LogP) is 5.94. The lowest BCUT2D eigenvalue weighted by Gasteiger charge is -2.38. The van der Waals surface area contributed by atoms with Crippen molar-refractivity contribution in [3.63, 3.8) is 0 Å². The number of thiocarbonyl (C=S) groups is 1. The number of piperidine rings is 1. The molecule has 1 aromatic carbocycles. The monoisotopic (exact) mass is 489 g/mol. The van der Waals surface area contributed by atoms with E-state index in [4.69, 9.17) is 28.8 Å². The number of nitrogens with one attached hydrogen (secondary N) is 2. The van der Waals surface area contributed by atoms with E-state index in [-0.39, 0.29) is 11.2 Å². The first-order valence-corrected chi connectivity index (χ1v) is 12.7. The summed E-state index contributed by atoms with van der Waals surface area (Å²) in [5, 5.41) is 7.37. The molecule has 0 amide bonds. The molecule has 1 aromatic heterocycles. The third-order valence-electron chi connectivity index (χ3n) is 6.95. The number of nitrogens with zero attached hydrogens (tertiary/aromatic N) is 3. The maximum Gasteiger partial charge on any atom is 0.232 e. The number of hydrogen-bond acceptors (Lipinski definition) is 4. The molecule has 2 atom stereocenters. The Labute approximate surface area is 206 Å². The van der Waals surface area contributed by atoms with Gasteiger partial charge in [0.2, 0.25) is 5.95 Å². The predicted molar refractivity (Wildman–Crippen MR) is 138 cm³/mol. The molecule has 1 saturated carbocycles. The highest BCUT2D eigenvalue weighted by atomic mass is 35.5. The minimum Gasteiger partial charge on any atom is -0.361 e. The average Bonchev–Trinajstić information content (AvgIpc) is 2.78. The molecular formula is C25H33ClFN5S. The quantitative estimate of drug-likeness (QED) is 0.400. The lowest BCUT2D eigenvalue weighted by Crippen LogP contribution is -2.43. The highest BCUT2D eigenvalue weighted by Gasteiger charge is 2.34. The molecule has 1 saturated heterocycles. The Bertz CT molecular complexity index is 954. The van der Waals surface area contributed by atoms with Crippen molar-refractivity contribution in [3.05, 3.63) is 46.9 Å². The lowest BCUT2D eigenvalue weighted by atomic mass is 9.69. The van der Waals surface area contributed by atoms with Crippen molar-refractivity contribution in [1.29, 1.82) is 0 Å². The van der Waals surface area contributed by atoms with E-state index in [0.717, 1.165) is 50.2 Å². The first-order valence-electron chi connectivity index (χ1n) is 11.9. The molecule has 0 bridgehead atoms. The van der Waals surface area contributed by atoms with Crippen LogP contribution in [0.3, 0.4) is 0 Å². The zero-order valence-corrected chi connectivity index (χ0v) is 21.0. The van der Waals surface area contributed by atoms with Gasteiger partial charge in [-0.15, -0.1) is 0 Å². The Kier molecular flexibility index (Phi) is 7.69. The average molecular weight is 490 g/mol. The molecule has 8 heteroatoms. The van der Waals surface area contributed by atoms with Gasteiger partial charge in [-0.2, -0.15) is 4.98 Å². The summed E-state index contributed by atoms with van der Waals surface area (Å²) < 4.78 is 13.5. The molecule has 5 nitrogen and oxygen atoms in total. The highest BCUT2D eigenvalue weighted by molar-refractivity contribution is 7.80. The van der Waals surface area contributed by atoms with Gasteiger partial charge in [-0.3, -0.25) is 0 Å². The van der Waals surface area contributed by atoms with Gasteiger partial charge in [0.05, 0.1) is 0 Å². The molecule has 2 fully saturated rings. The van der Waals surface area contributed by atoms with Gasteiger partial charge in [-0.05, 0) is 61.0 Å². The van der Waals surface area contributed by atoms with E-state index in [0.29, 0.717) is 34.6 Å². The largest absolute Gasteiger partial charge is 0.361 e. The van der Waals surface area contributed by atoms with Gasteiger partial charge in [0, 0.05) is 31.1 Å². The minimum absolute atomic E-state index is 0.0574. The van der Waals surface area contributed by atoms with Crippen LogP contribution in [0.25, 0.3) is 0 Å². The van der Waals surface area contributed by atoms with Crippen molar-refractivity contribution in [2.24, 2.45) is 11.8 Å². The third kappa shape index (κ3) is 6.12. The summed E-state index contributed by atoms with van der Waals surface area (Å²) in [6.45, 7) is 7.14. The van der Waals surface area contributed by atoms with Crippen molar-refractivity contribution in [2.75, 3.05) is 29.9 Å². The van der Waals surface area contributed by atoms with E-state index in [1.165, 1.54) is 12.8 Å². The molecule has 2 aliphatic rings. The van der Waals surface area contributed by atoms with Crippen LogP contribution in [0.2, 0.25) is 5.15 Å². The maximum absolute atomic E-state index is 13.5. The Morgan fingerprint density at radius 1 is 1.12 bits per heavy atom. The van der Waals surface area contributed by atoms with E-state index in [2.05, 4.69) is 34.4 Å². The number of hydrogen-bond donors (Lipinski definition) is 2. The van der Waals surface area contributed by atoms with Gasteiger partial charge >= 0.3 is 0 Å².